The molecule has 0 bridgehead atoms. The van der Waals surface area contributed by atoms with Crippen molar-refractivity contribution < 1.29 is 39.9 Å². The van der Waals surface area contributed by atoms with Crippen LogP contribution in [0.25, 0.3) is 0 Å². The number of alkyl halides is 8. The molecule has 1 radical (unpaired) electrons. The van der Waals surface area contributed by atoms with Crippen LogP contribution < -0.4 is 5.73 Å². The highest BCUT2D eigenvalue weighted by Crippen LogP contribution is 2.48. The number of amides is 1. The number of nitrogens with one attached hydrogen (secondary N) is 1. The normalized spacial score (nSPS) is 14.5. The van der Waals surface area contributed by atoms with Crippen molar-refractivity contribution in [2.45, 2.75) is 24.2 Å². The number of hydrogen-bond acceptors (Lipinski definition) is 1. The van der Waals surface area contributed by atoms with Crippen LogP contribution in [0.4, 0.5) is 35.1 Å². The molecule has 89 valence electrons. The van der Waals surface area contributed by atoms with Gasteiger partial charge in [0, 0.05) is 0 Å². The molecule has 0 heterocycles. The van der Waals surface area contributed by atoms with Crippen molar-refractivity contribution in [1.29, 1.82) is 0 Å². The van der Waals surface area contributed by atoms with Crippen LogP contribution >= 0.6 is 0 Å². The first-order valence-corrected chi connectivity index (χ1v) is 3.06. The largest absolute Gasteiger partial charge is 0.394 e. The van der Waals surface area contributed by atoms with Crippen LogP contribution in [0.3, 0.4) is 0 Å². The topological polar surface area (TPSA) is 40.9 Å². The van der Waals surface area contributed by atoms with E-state index in [-0.39, 0.29) is 0 Å². The summed E-state index contributed by atoms with van der Waals surface area (Å²) >= 11 is 0. The van der Waals surface area contributed by atoms with Gasteiger partial charge in [-0.2, -0.15) is 26.3 Å². The highest BCUT2D eigenvalue weighted by Gasteiger charge is 2.78. The Bertz CT molecular complexity index is 262. The third-order valence-electron chi connectivity index (χ3n) is 1.37. The minimum Gasteiger partial charge on any atom is -0.266 e. The van der Waals surface area contributed by atoms with Crippen molar-refractivity contribution in [2.24, 2.45) is 0 Å². The maximum absolute atomic E-state index is 12.2. The van der Waals surface area contributed by atoms with E-state index in [4.69, 9.17) is 5.73 Å². The molecule has 0 aromatic heterocycles. The van der Waals surface area contributed by atoms with Crippen molar-refractivity contribution in [3.8, 4) is 0 Å². The molecule has 1 N–H and O–H groups in total. The van der Waals surface area contributed by atoms with Gasteiger partial charge in [-0.15, -0.1) is 0 Å². The van der Waals surface area contributed by atoms with Gasteiger partial charge in [0.25, 0.3) is 0 Å². The van der Waals surface area contributed by atoms with Crippen molar-refractivity contribution in [3.63, 3.8) is 0 Å². The van der Waals surface area contributed by atoms with E-state index in [9.17, 15) is 39.9 Å². The zero-order valence-electron chi connectivity index (χ0n) is 6.51. The molecule has 2 nitrogen and oxygen atoms in total. The second-order valence-corrected chi connectivity index (χ2v) is 2.40. The quantitative estimate of drug-likeness (QED) is 0.697. The molecule has 0 fully saturated rings. The van der Waals surface area contributed by atoms with Gasteiger partial charge >= 0.3 is 30.1 Å². The fourth-order valence-electron chi connectivity index (χ4n) is 0.489. The summed E-state index contributed by atoms with van der Waals surface area (Å²) in [5, 5.41) is 0. The van der Waals surface area contributed by atoms with E-state index in [1.54, 1.807) is 0 Å². The number of carbonyl (C=O) groups is 1. The number of carbonyl (C=O) groups excluding carboxylic acids is 1. The lowest BCUT2D eigenvalue weighted by Gasteiger charge is -2.29. The van der Waals surface area contributed by atoms with Gasteiger partial charge < -0.3 is 0 Å². The molecule has 1 amide bonds. The van der Waals surface area contributed by atoms with Crippen LogP contribution in [0.2, 0.25) is 0 Å². The Hall–Kier alpha value is -1.09. The first kappa shape index (κ1) is 13.9. The molecule has 0 saturated carbocycles. The SMILES string of the molecule is [NH]C(=O)C(F)(F)C(F)(F)C(F)(F)C(F)F. The maximum Gasteiger partial charge on any atom is 0.394 e. The predicted molar refractivity (Wildman–Crippen MR) is 28.9 cm³/mol. The second-order valence-electron chi connectivity index (χ2n) is 2.40. The Balaban J connectivity index is 5.40. The smallest absolute Gasteiger partial charge is 0.266 e. The van der Waals surface area contributed by atoms with Crippen molar-refractivity contribution in [2.75, 3.05) is 0 Å². The first-order chi connectivity index (χ1) is 6.39. The molecule has 0 atom stereocenters. The molecule has 15 heavy (non-hydrogen) atoms. The van der Waals surface area contributed by atoms with Gasteiger partial charge in [0.1, 0.15) is 0 Å². The molecular weight excluding hydrogens is 242 g/mol. The van der Waals surface area contributed by atoms with E-state index in [1.165, 1.54) is 0 Å². The van der Waals surface area contributed by atoms with Crippen LogP contribution in [-0.2, 0) is 4.79 Å². The van der Waals surface area contributed by atoms with Gasteiger partial charge in [-0.25, -0.2) is 8.78 Å². The molecule has 0 spiro atoms. The number of rotatable bonds is 4. The van der Waals surface area contributed by atoms with Crippen LogP contribution in [0.5, 0.6) is 0 Å². The highest BCUT2D eigenvalue weighted by atomic mass is 19.4. The third-order valence-corrected chi connectivity index (χ3v) is 1.37. The summed E-state index contributed by atoms with van der Waals surface area (Å²) in [6.45, 7) is 0. The van der Waals surface area contributed by atoms with Gasteiger partial charge in [-0.1, -0.05) is 0 Å². The average Bonchev–Trinajstić information content (AvgIpc) is 2.02. The highest BCUT2D eigenvalue weighted by molar-refractivity contribution is 5.82. The standard InChI is InChI=1S/C5H2F8NO/c6-1(7)3(8,9)5(12,13)4(10,11)2(14)15/h1,14H. The molecule has 0 unspecified atom stereocenters. The summed E-state index contributed by atoms with van der Waals surface area (Å²) in [6, 6.07) is 0. The van der Waals surface area contributed by atoms with Crippen LogP contribution in [-0.4, -0.2) is 30.1 Å². The Morgan fingerprint density at radius 1 is 1.00 bits per heavy atom. The maximum atomic E-state index is 12.2. The van der Waals surface area contributed by atoms with Gasteiger partial charge in [-0.05, 0) is 0 Å². The molecule has 0 aliphatic carbocycles. The minimum atomic E-state index is -6.62. The van der Waals surface area contributed by atoms with E-state index in [2.05, 4.69) is 0 Å². The van der Waals surface area contributed by atoms with Crippen molar-refractivity contribution in [1.82, 2.24) is 5.73 Å². The zero-order valence-corrected chi connectivity index (χ0v) is 6.51. The third kappa shape index (κ3) is 1.84. The Morgan fingerprint density at radius 3 is 1.53 bits per heavy atom. The second kappa shape index (κ2) is 3.49. The van der Waals surface area contributed by atoms with Crippen LogP contribution in [0, 0.1) is 0 Å². The van der Waals surface area contributed by atoms with Gasteiger partial charge in [0.2, 0.25) is 0 Å². The fourth-order valence-corrected chi connectivity index (χ4v) is 0.489. The predicted octanol–water partition coefficient (Wildman–Crippen LogP) is 1.97. The van der Waals surface area contributed by atoms with Gasteiger partial charge in [0.15, 0.2) is 0 Å². The van der Waals surface area contributed by atoms with E-state index in [0.29, 0.717) is 0 Å². The summed E-state index contributed by atoms with van der Waals surface area (Å²) < 4.78 is 95.1. The summed E-state index contributed by atoms with van der Waals surface area (Å²) in [4.78, 5) is 9.64. The van der Waals surface area contributed by atoms with Gasteiger partial charge in [0.05, 0.1) is 0 Å². The molecule has 0 aliphatic rings. The van der Waals surface area contributed by atoms with E-state index in [1.807, 2.05) is 0 Å². The summed E-state index contributed by atoms with van der Waals surface area (Å²) in [5.41, 5.74) is 5.61. The fraction of sp³-hybridized carbons (Fsp3) is 0.800. The van der Waals surface area contributed by atoms with Crippen LogP contribution in [0.15, 0.2) is 0 Å². The van der Waals surface area contributed by atoms with Crippen LogP contribution in [0.1, 0.15) is 0 Å². The molecule has 0 aliphatic heterocycles. The minimum absolute atomic E-state index is 3.37. The molecule has 0 saturated heterocycles. The summed E-state index contributed by atoms with van der Waals surface area (Å²) in [7, 11) is 0. The van der Waals surface area contributed by atoms with Crippen molar-refractivity contribution in [3.05, 3.63) is 0 Å². The first-order valence-electron chi connectivity index (χ1n) is 3.06. The molecule has 10 heteroatoms. The number of halogens is 8. The monoisotopic (exact) mass is 244 g/mol. The molecule has 0 aromatic rings. The Morgan fingerprint density at radius 2 is 1.33 bits per heavy atom. The molecule has 0 rings (SSSR count). The van der Waals surface area contributed by atoms with E-state index >= 15 is 0 Å². The van der Waals surface area contributed by atoms with Gasteiger partial charge in [-0.3, -0.25) is 10.5 Å². The van der Waals surface area contributed by atoms with Crippen molar-refractivity contribution >= 4 is 5.91 Å². The Labute approximate surface area is 77.0 Å². The number of hydrogen-bond donors (Lipinski definition) is 0. The lowest BCUT2D eigenvalue weighted by Crippen LogP contribution is -2.60. The molecule has 0 aromatic carbocycles. The molecular formula is C5H2F8NO. The summed E-state index contributed by atoms with van der Waals surface area (Å²) in [6.07, 6.45) is -5.09. The zero-order chi connectivity index (χ0) is 12.7. The lowest BCUT2D eigenvalue weighted by atomic mass is 10.0. The summed E-state index contributed by atoms with van der Waals surface area (Å²) in [5.74, 6) is -22.6. The average molecular weight is 244 g/mol. The Kier molecular flexibility index (Phi) is 3.24. The lowest BCUT2D eigenvalue weighted by molar-refractivity contribution is -0.327. The van der Waals surface area contributed by atoms with E-state index < -0.39 is 30.1 Å². The van der Waals surface area contributed by atoms with E-state index in [0.717, 1.165) is 0 Å².